The number of hydrogen-bond donors (Lipinski definition) is 0. The number of ether oxygens (including phenoxy) is 2. The minimum atomic E-state index is -0.241. The zero-order valence-electron chi connectivity index (χ0n) is 8.62. The summed E-state index contributed by atoms with van der Waals surface area (Å²) in [5, 5.41) is 0. The van der Waals surface area contributed by atoms with Crippen molar-refractivity contribution in [1.29, 1.82) is 0 Å². The second kappa shape index (κ2) is 4.98. The van der Waals surface area contributed by atoms with Gasteiger partial charge in [0.25, 0.3) is 0 Å². The van der Waals surface area contributed by atoms with E-state index in [2.05, 4.69) is 0 Å². The van der Waals surface area contributed by atoms with Crippen LogP contribution < -0.4 is 0 Å². The number of rotatable bonds is 4. The average Bonchev–Trinajstić information content (AvgIpc) is 2.47. The number of carbonyl (C=O) groups excluding carboxylic acids is 2. The Labute approximate surface area is 83.6 Å². The molecule has 1 heterocycles. The molecule has 0 radical (unpaired) electrons. The quantitative estimate of drug-likeness (QED) is 0.638. The first kappa shape index (κ1) is 11.0. The lowest BCUT2D eigenvalue weighted by Gasteiger charge is -2.11. The highest BCUT2D eigenvalue weighted by molar-refractivity contribution is 5.77. The van der Waals surface area contributed by atoms with Crippen molar-refractivity contribution in [3.63, 3.8) is 0 Å². The molecule has 0 amide bonds. The van der Waals surface area contributed by atoms with E-state index in [1.807, 2.05) is 6.92 Å². The third-order valence-electron chi connectivity index (χ3n) is 2.49. The highest BCUT2D eigenvalue weighted by atomic mass is 16.5. The van der Waals surface area contributed by atoms with E-state index in [0.717, 1.165) is 6.42 Å². The van der Waals surface area contributed by atoms with E-state index >= 15 is 0 Å². The maximum atomic E-state index is 11.2. The molecule has 0 unspecified atom stereocenters. The second-order valence-corrected chi connectivity index (χ2v) is 3.41. The van der Waals surface area contributed by atoms with Gasteiger partial charge in [-0.15, -0.1) is 0 Å². The lowest BCUT2D eigenvalue weighted by Crippen LogP contribution is -2.19. The molecule has 2 atom stereocenters. The topological polar surface area (TPSA) is 52.6 Å². The predicted molar refractivity (Wildman–Crippen MR) is 49.5 cm³/mol. The number of cyclic esters (lactones) is 1. The molecule has 1 fully saturated rings. The van der Waals surface area contributed by atoms with Gasteiger partial charge in [-0.2, -0.15) is 0 Å². The summed E-state index contributed by atoms with van der Waals surface area (Å²) in [6.45, 7) is 4.44. The Morgan fingerprint density at radius 1 is 1.57 bits per heavy atom. The third-order valence-corrected chi connectivity index (χ3v) is 2.49. The van der Waals surface area contributed by atoms with Crippen LogP contribution in [0.25, 0.3) is 0 Å². The Morgan fingerprint density at radius 2 is 2.29 bits per heavy atom. The molecule has 0 saturated carbocycles. The van der Waals surface area contributed by atoms with Crippen molar-refractivity contribution in [3.8, 4) is 0 Å². The van der Waals surface area contributed by atoms with Gasteiger partial charge in [-0.1, -0.05) is 6.92 Å². The summed E-state index contributed by atoms with van der Waals surface area (Å²) in [7, 11) is 0. The Bertz CT molecular complexity index is 224. The highest BCUT2D eigenvalue weighted by Crippen LogP contribution is 2.27. The SMILES string of the molecule is CCOC(=O)C[C@H]1COC(=O)[C@H]1CC. The molecule has 4 heteroatoms. The van der Waals surface area contributed by atoms with E-state index in [1.54, 1.807) is 6.92 Å². The molecule has 1 rings (SSSR count). The third kappa shape index (κ3) is 2.47. The van der Waals surface area contributed by atoms with E-state index in [9.17, 15) is 9.59 Å². The molecular weight excluding hydrogens is 184 g/mol. The molecule has 0 aliphatic carbocycles. The van der Waals surface area contributed by atoms with Crippen LogP contribution in [0.4, 0.5) is 0 Å². The zero-order valence-corrected chi connectivity index (χ0v) is 8.62. The van der Waals surface area contributed by atoms with Gasteiger partial charge in [0.1, 0.15) is 0 Å². The molecule has 0 N–H and O–H groups in total. The molecule has 1 saturated heterocycles. The molecule has 14 heavy (non-hydrogen) atoms. The maximum absolute atomic E-state index is 11.2. The fourth-order valence-electron chi connectivity index (χ4n) is 1.74. The average molecular weight is 200 g/mol. The van der Waals surface area contributed by atoms with Crippen LogP contribution >= 0.6 is 0 Å². The van der Waals surface area contributed by atoms with Crippen LogP contribution in [0.1, 0.15) is 26.7 Å². The van der Waals surface area contributed by atoms with Gasteiger partial charge in [0, 0.05) is 5.92 Å². The van der Waals surface area contributed by atoms with E-state index in [1.165, 1.54) is 0 Å². The monoisotopic (exact) mass is 200 g/mol. The second-order valence-electron chi connectivity index (χ2n) is 3.41. The van der Waals surface area contributed by atoms with Crippen molar-refractivity contribution < 1.29 is 19.1 Å². The van der Waals surface area contributed by atoms with Gasteiger partial charge in [-0.05, 0) is 13.3 Å². The molecule has 4 nitrogen and oxygen atoms in total. The summed E-state index contributed by atoms with van der Waals surface area (Å²) in [5.41, 5.74) is 0. The van der Waals surface area contributed by atoms with Gasteiger partial charge in [0.2, 0.25) is 0 Å². The van der Waals surface area contributed by atoms with Crippen LogP contribution in [0.2, 0.25) is 0 Å². The minimum absolute atomic E-state index is 0.00606. The van der Waals surface area contributed by atoms with Crippen LogP contribution in [-0.4, -0.2) is 25.2 Å². The highest BCUT2D eigenvalue weighted by Gasteiger charge is 2.36. The van der Waals surface area contributed by atoms with Gasteiger partial charge in [0.15, 0.2) is 0 Å². The lowest BCUT2D eigenvalue weighted by atomic mass is 9.90. The molecular formula is C10H16O4. The fraction of sp³-hybridized carbons (Fsp3) is 0.800. The molecule has 0 aromatic carbocycles. The van der Waals surface area contributed by atoms with Crippen LogP contribution in [0.5, 0.6) is 0 Å². The van der Waals surface area contributed by atoms with Gasteiger partial charge >= 0.3 is 11.9 Å². The largest absolute Gasteiger partial charge is 0.466 e. The minimum Gasteiger partial charge on any atom is -0.466 e. The van der Waals surface area contributed by atoms with Crippen molar-refractivity contribution in [2.24, 2.45) is 11.8 Å². The summed E-state index contributed by atoms with van der Waals surface area (Å²) >= 11 is 0. The summed E-state index contributed by atoms with van der Waals surface area (Å²) in [4.78, 5) is 22.4. The Kier molecular flexibility index (Phi) is 3.92. The molecule has 1 aliphatic heterocycles. The van der Waals surface area contributed by atoms with Crippen LogP contribution in [-0.2, 0) is 19.1 Å². The first-order chi connectivity index (χ1) is 6.69. The summed E-state index contributed by atoms with van der Waals surface area (Å²) in [6, 6.07) is 0. The summed E-state index contributed by atoms with van der Waals surface area (Å²) in [5.74, 6) is -0.540. The van der Waals surface area contributed by atoms with Gasteiger partial charge in [0.05, 0.1) is 25.6 Å². The fourth-order valence-corrected chi connectivity index (χ4v) is 1.74. The van der Waals surface area contributed by atoms with Crippen molar-refractivity contribution in [2.75, 3.05) is 13.2 Å². The normalized spacial score (nSPS) is 26.0. The molecule has 80 valence electrons. The van der Waals surface area contributed by atoms with Crippen molar-refractivity contribution >= 4 is 11.9 Å². The van der Waals surface area contributed by atoms with E-state index in [-0.39, 0.29) is 30.2 Å². The lowest BCUT2D eigenvalue weighted by molar-refractivity contribution is -0.144. The molecule has 0 aromatic heterocycles. The predicted octanol–water partition coefficient (Wildman–Crippen LogP) is 1.14. The Morgan fingerprint density at radius 3 is 2.86 bits per heavy atom. The maximum Gasteiger partial charge on any atom is 0.309 e. The Hall–Kier alpha value is -1.06. The van der Waals surface area contributed by atoms with Crippen molar-refractivity contribution in [1.82, 2.24) is 0 Å². The zero-order chi connectivity index (χ0) is 10.6. The Balaban J connectivity index is 2.44. The van der Waals surface area contributed by atoms with Crippen LogP contribution in [0.3, 0.4) is 0 Å². The summed E-state index contributed by atoms with van der Waals surface area (Å²) in [6.07, 6.45) is 1.01. The molecule has 1 aliphatic rings. The number of hydrogen-bond acceptors (Lipinski definition) is 4. The standard InChI is InChI=1S/C10H16O4/c1-3-8-7(6-14-10(8)12)5-9(11)13-4-2/h7-8H,3-6H2,1-2H3/t7-,8-/m0/s1. The van der Waals surface area contributed by atoms with Crippen molar-refractivity contribution in [2.45, 2.75) is 26.7 Å². The van der Waals surface area contributed by atoms with E-state index in [4.69, 9.17) is 9.47 Å². The van der Waals surface area contributed by atoms with E-state index in [0.29, 0.717) is 13.2 Å². The first-order valence-electron chi connectivity index (χ1n) is 5.01. The number of carbonyl (C=O) groups is 2. The van der Waals surface area contributed by atoms with Gasteiger partial charge in [-0.3, -0.25) is 9.59 Å². The first-order valence-corrected chi connectivity index (χ1v) is 5.01. The van der Waals surface area contributed by atoms with Gasteiger partial charge in [-0.25, -0.2) is 0 Å². The molecule has 0 spiro atoms. The number of esters is 2. The van der Waals surface area contributed by atoms with Gasteiger partial charge < -0.3 is 9.47 Å². The van der Waals surface area contributed by atoms with Crippen LogP contribution in [0, 0.1) is 11.8 Å². The summed E-state index contributed by atoms with van der Waals surface area (Å²) < 4.78 is 9.73. The molecule has 0 aromatic rings. The van der Waals surface area contributed by atoms with Crippen LogP contribution in [0.15, 0.2) is 0 Å². The molecule has 0 bridgehead atoms. The van der Waals surface area contributed by atoms with E-state index < -0.39 is 0 Å². The smallest absolute Gasteiger partial charge is 0.309 e. The van der Waals surface area contributed by atoms with Crippen molar-refractivity contribution in [3.05, 3.63) is 0 Å².